The molecule has 0 radical (unpaired) electrons. The summed E-state index contributed by atoms with van der Waals surface area (Å²) in [7, 11) is 0. The molecule has 0 saturated carbocycles. The molecular formula is C73H53NO23. The average Bonchev–Trinajstić information content (AvgIpc) is 1.63. The molecule has 1 fully saturated rings. The SMILES string of the molecule is C#CCOC(C)=O.CC(=O)O.CC(=O)ON1C(=O)CCC1=O.O=C1OC2(c3ccc(O)cc3Oc3cc(O)ccc32)c2ccccc21.O=C1OC2(c3ccc(O)cc3Oc3cc(O)ccc32)c2ccccc21.O=C1OC2(c3ccc(O)cc3Oc3cc(O)ccc32)c2ccccc21. The molecule has 0 aromatic heterocycles. The van der Waals surface area contributed by atoms with Crippen LogP contribution in [0.3, 0.4) is 0 Å². The second kappa shape index (κ2) is 26.0. The van der Waals surface area contributed by atoms with E-state index in [1.54, 1.807) is 72.8 Å². The molecule has 7 heterocycles. The number of carbonyl (C=O) groups is 8. The Morgan fingerprint density at radius 2 is 0.660 bits per heavy atom. The first-order chi connectivity index (χ1) is 46.4. The van der Waals surface area contributed by atoms with Gasteiger partial charge in [-0.1, -0.05) is 60.5 Å². The van der Waals surface area contributed by atoms with Crippen LogP contribution in [-0.4, -0.2) is 95.0 Å². The van der Waals surface area contributed by atoms with Crippen molar-refractivity contribution in [3.8, 4) is 81.3 Å². The number of carboxylic acids is 1. The maximum absolute atomic E-state index is 12.5. The summed E-state index contributed by atoms with van der Waals surface area (Å²) in [6.45, 7) is 3.62. The van der Waals surface area contributed by atoms with Crippen LogP contribution in [0, 0.1) is 12.3 Å². The molecule has 7 aliphatic rings. The number of nitrogens with zero attached hydrogens (tertiary/aromatic N) is 1. The molecule has 24 heteroatoms. The number of terminal acetylenes is 1. The van der Waals surface area contributed by atoms with Gasteiger partial charge in [-0.15, -0.1) is 11.5 Å². The predicted octanol–water partition coefficient (Wildman–Crippen LogP) is 10.9. The number of rotatable bonds is 2. The first-order valence-electron chi connectivity index (χ1n) is 29.2. The molecule has 7 N–H and O–H groups in total. The van der Waals surface area contributed by atoms with Crippen LogP contribution in [-0.2, 0) is 64.6 Å². The largest absolute Gasteiger partial charge is 0.508 e. The van der Waals surface area contributed by atoms with E-state index in [-0.39, 0.29) is 59.9 Å². The Morgan fingerprint density at radius 1 is 0.412 bits per heavy atom. The van der Waals surface area contributed by atoms with Crippen molar-refractivity contribution < 1.29 is 112 Å². The number of phenols is 6. The van der Waals surface area contributed by atoms with E-state index in [0.717, 1.165) is 13.8 Å². The third kappa shape index (κ3) is 12.0. The minimum atomic E-state index is -1.17. The molecule has 0 unspecified atom stereocenters. The van der Waals surface area contributed by atoms with Gasteiger partial charge < -0.3 is 73.7 Å². The summed E-state index contributed by atoms with van der Waals surface area (Å²) in [5.74, 6) is 0.647. The van der Waals surface area contributed by atoms with E-state index in [9.17, 15) is 64.2 Å². The Labute approximate surface area is 549 Å². The number of ether oxygens (including phenoxy) is 7. The highest BCUT2D eigenvalue weighted by atomic mass is 16.7. The zero-order valence-electron chi connectivity index (χ0n) is 51.1. The number of amides is 2. The highest BCUT2D eigenvalue weighted by Crippen LogP contribution is 2.60. The van der Waals surface area contributed by atoms with E-state index < -0.39 is 58.5 Å². The highest BCUT2D eigenvalue weighted by Gasteiger charge is 2.56. The van der Waals surface area contributed by atoms with E-state index in [1.807, 2.05) is 36.4 Å². The van der Waals surface area contributed by atoms with Crippen molar-refractivity contribution in [1.29, 1.82) is 0 Å². The molecule has 3 spiro atoms. The van der Waals surface area contributed by atoms with Crippen LogP contribution in [0.25, 0.3) is 0 Å². The lowest BCUT2D eigenvalue weighted by Gasteiger charge is -2.36. The number of carboxylic acid groups (broad SMARTS) is 1. The fourth-order valence-electron chi connectivity index (χ4n) is 11.9. The van der Waals surface area contributed by atoms with Gasteiger partial charge in [0.25, 0.3) is 17.8 Å². The van der Waals surface area contributed by atoms with Crippen molar-refractivity contribution in [1.82, 2.24) is 5.06 Å². The first kappa shape index (κ1) is 65.2. The van der Waals surface area contributed by atoms with Gasteiger partial charge in [-0.3, -0.25) is 19.2 Å². The fraction of sp³-hybridized carbons (Fsp3) is 0.123. The van der Waals surface area contributed by atoms with Crippen molar-refractivity contribution in [2.75, 3.05) is 6.61 Å². The molecule has 7 aliphatic heterocycles. The third-order valence-corrected chi connectivity index (χ3v) is 15.6. The number of hydroxylamine groups is 2. The van der Waals surface area contributed by atoms with Crippen molar-refractivity contribution >= 4 is 47.6 Å². The van der Waals surface area contributed by atoms with Crippen molar-refractivity contribution in [3.05, 3.63) is 249 Å². The molecular weight excluding hydrogens is 1260 g/mol. The van der Waals surface area contributed by atoms with Gasteiger partial charge in [0.15, 0.2) is 23.4 Å². The van der Waals surface area contributed by atoms with Crippen LogP contribution in [0.2, 0.25) is 0 Å². The second-order valence-electron chi connectivity index (χ2n) is 21.9. The number of hydrogen-bond donors (Lipinski definition) is 7. The van der Waals surface area contributed by atoms with Gasteiger partial charge in [-0.25, -0.2) is 19.2 Å². The highest BCUT2D eigenvalue weighted by molar-refractivity contribution is 6.02. The van der Waals surface area contributed by atoms with Crippen LogP contribution in [0.1, 0.15) is 115 Å². The maximum atomic E-state index is 12.5. The van der Waals surface area contributed by atoms with Gasteiger partial charge in [0.2, 0.25) is 0 Å². The molecule has 16 rings (SSSR count). The summed E-state index contributed by atoms with van der Waals surface area (Å²) >= 11 is 0. The minimum absolute atomic E-state index is 0.0371. The van der Waals surface area contributed by atoms with Gasteiger partial charge in [0.1, 0.15) is 69.0 Å². The summed E-state index contributed by atoms with van der Waals surface area (Å²) in [6.07, 6.45) is 5.01. The molecule has 2 amide bonds. The molecule has 0 bridgehead atoms. The second-order valence-corrected chi connectivity index (χ2v) is 21.9. The Morgan fingerprint density at radius 3 is 0.876 bits per heavy atom. The zero-order valence-corrected chi connectivity index (χ0v) is 51.1. The predicted molar refractivity (Wildman–Crippen MR) is 336 cm³/mol. The number of imide groups is 1. The smallest absolute Gasteiger partial charge is 0.340 e. The minimum Gasteiger partial charge on any atom is -0.508 e. The number of carbonyl (C=O) groups excluding carboxylic acids is 7. The first-order valence-corrected chi connectivity index (χ1v) is 29.2. The molecule has 9 aromatic rings. The van der Waals surface area contributed by atoms with Crippen LogP contribution in [0.4, 0.5) is 0 Å². The number of phenolic OH excluding ortho intramolecular Hbond substituents is 6. The van der Waals surface area contributed by atoms with E-state index in [1.165, 1.54) is 79.7 Å². The van der Waals surface area contributed by atoms with Crippen LogP contribution in [0.5, 0.6) is 69.0 Å². The summed E-state index contributed by atoms with van der Waals surface area (Å²) in [6, 6.07) is 49.8. The Kier molecular flexibility index (Phi) is 17.5. The number of fused-ring (bicyclic) bond motifs is 18. The molecule has 0 atom stereocenters. The van der Waals surface area contributed by atoms with Crippen LogP contribution >= 0.6 is 0 Å². The monoisotopic (exact) mass is 1310 g/mol. The van der Waals surface area contributed by atoms with E-state index in [0.29, 0.717) is 106 Å². The van der Waals surface area contributed by atoms with Crippen molar-refractivity contribution in [3.63, 3.8) is 0 Å². The van der Waals surface area contributed by atoms with Crippen LogP contribution < -0.4 is 14.2 Å². The molecule has 488 valence electrons. The Hall–Kier alpha value is -13.3. The summed E-state index contributed by atoms with van der Waals surface area (Å²) in [5.41, 5.74) is 3.85. The van der Waals surface area contributed by atoms with Gasteiger partial charge in [-0.05, 0) is 91.0 Å². The zero-order chi connectivity index (χ0) is 69.3. The number of aliphatic carboxylic acids is 1. The number of aromatic hydroxyl groups is 6. The summed E-state index contributed by atoms with van der Waals surface area (Å²) in [5, 5.41) is 66.9. The number of hydrogen-bond acceptors (Lipinski definition) is 22. The van der Waals surface area contributed by atoms with E-state index in [4.69, 9.17) is 44.7 Å². The van der Waals surface area contributed by atoms with E-state index in [2.05, 4.69) is 15.5 Å². The average molecular weight is 1310 g/mol. The summed E-state index contributed by atoms with van der Waals surface area (Å²) < 4.78 is 39.6. The normalized spacial score (nSPS) is 14.9. The summed E-state index contributed by atoms with van der Waals surface area (Å²) in [4.78, 5) is 92.6. The van der Waals surface area contributed by atoms with Crippen molar-refractivity contribution in [2.45, 2.75) is 50.4 Å². The number of esters is 4. The molecule has 9 aromatic carbocycles. The fourth-order valence-corrected chi connectivity index (χ4v) is 11.9. The van der Waals surface area contributed by atoms with Gasteiger partial charge in [0, 0.05) is 120 Å². The Bertz CT molecular complexity index is 4230. The van der Waals surface area contributed by atoms with Gasteiger partial charge in [0.05, 0.1) is 16.7 Å². The molecule has 24 nitrogen and oxygen atoms in total. The lowest BCUT2D eigenvalue weighted by atomic mass is 9.77. The molecule has 1 saturated heterocycles. The quantitative estimate of drug-likeness (QED) is 0.0366. The van der Waals surface area contributed by atoms with Gasteiger partial charge >= 0.3 is 29.8 Å². The van der Waals surface area contributed by atoms with E-state index >= 15 is 0 Å². The topological polar surface area (TPSA) is 355 Å². The maximum Gasteiger partial charge on any atom is 0.340 e. The molecule has 0 aliphatic carbocycles. The van der Waals surface area contributed by atoms with Crippen molar-refractivity contribution in [2.24, 2.45) is 0 Å². The van der Waals surface area contributed by atoms with Crippen LogP contribution in [0.15, 0.2) is 182 Å². The lowest BCUT2D eigenvalue weighted by Crippen LogP contribution is -2.32. The lowest BCUT2D eigenvalue weighted by molar-refractivity contribution is -0.195. The number of benzene rings is 9. The molecule has 97 heavy (non-hydrogen) atoms. The third-order valence-electron chi connectivity index (χ3n) is 15.6. The standard InChI is InChI=1S/3C20H12O5.C6H7NO4.C5H6O2.C2H4O2/c3*21-11-5-7-15-17(9-11)24-18-10-12(22)6-8-16(18)20(15)14-4-2-1-3-13(14)19(23)25-20;1-4(8)11-7-5(9)2-3-6(7)10;1-3-4-7-5(2)6;1-2(3)4/h3*1-10,21-22H;2-3H2,1H3;1H,4H2,2H3;1H3,(H,3,4). The Balaban J connectivity index is 0.000000128. The van der Waals surface area contributed by atoms with Gasteiger partial charge in [-0.2, -0.15) is 0 Å².